The first kappa shape index (κ1) is 20.4. The fourth-order valence-corrected chi connectivity index (χ4v) is 2.53. The van der Waals surface area contributed by atoms with Crippen molar-refractivity contribution in [1.82, 2.24) is 4.90 Å². The highest BCUT2D eigenvalue weighted by Crippen LogP contribution is 2.30. The highest BCUT2D eigenvalue weighted by Gasteiger charge is 2.41. The molecule has 0 atom stereocenters. The third-order valence-electron chi connectivity index (χ3n) is 3.71. The van der Waals surface area contributed by atoms with E-state index in [0.29, 0.717) is 11.1 Å². The molecule has 0 bridgehead atoms. The quantitative estimate of drug-likeness (QED) is 0.435. The highest BCUT2D eigenvalue weighted by molar-refractivity contribution is 5.88. The third-order valence-corrected chi connectivity index (χ3v) is 3.71. The van der Waals surface area contributed by atoms with Crippen LogP contribution in [-0.2, 0) is 22.6 Å². The van der Waals surface area contributed by atoms with Gasteiger partial charge >= 0.3 is 12.1 Å². The number of allylic oxidation sites excluding steroid dienone is 1. The maximum Gasteiger partial charge on any atom is 0.451 e. The van der Waals surface area contributed by atoms with Gasteiger partial charge < -0.3 is 14.7 Å². The van der Waals surface area contributed by atoms with E-state index in [-0.39, 0.29) is 19.7 Å². The molecular weight excluding hydrogens is 359 g/mol. The summed E-state index contributed by atoms with van der Waals surface area (Å²) in [6, 6.07) is 17.4. The van der Waals surface area contributed by atoms with E-state index in [0.717, 1.165) is 0 Å². The normalized spacial score (nSPS) is 12.3. The van der Waals surface area contributed by atoms with Crippen LogP contribution in [0.15, 0.2) is 72.1 Å². The number of carbonyl (C=O) groups is 1. The van der Waals surface area contributed by atoms with E-state index in [2.05, 4.69) is 0 Å². The maximum absolute atomic E-state index is 13.2. The van der Waals surface area contributed by atoms with Crippen molar-refractivity contribution in [3.63, 3.8) is 0 Å². The van der Waals surface area contributed by atoms with Crippen LogP contribution in [0.4, 0.5) is 13.2 Å². The minimum Gasteiger partial charge on any atom is -0.503 e. The number of rotatable bonds is 7. The zero-order valence-corrected chi connectivity index (χ0v) is 14.7. The number of nitrogens with zero attached hydrogens (tertiary/aromatic N) is 1. The number of hydrogen-bond acceptors (Lipinski definition) is 4. The van der Waals surface area contributed by atoms with Gasteiger partial charge in [-0.3, -0.25) is 0 Å². The molecule has 0 spiro atoms. The molecule has 0 aliphatic heterocycles. The SMILES string of the molecule is CCOC(=O)/C(=C(/O)C(F)(F)F)N(Cc1ccccc1)Cc1ccccc1. The van der Waals surface area contributed by atoms with E-state index in [1.807, 2.05) is 0 Å². The van der Waals surface area contributed by atoms with Gasteiger partial charge in [-0.1, -0.05) is 60.7 Å². The number of hydrogen-bond donors (Lipinski definition) is 1. The predicted octanol–water partition coefficient (Wildman–Crippen LogP) is 4.58. The van der Waals surface area contributed by atoms with Gasteiger partial charge in [-0.25, -0.2) is 4.79 Å². The van der Waals surface area contributed by atoms with Crippen molar-refractivity contribution in [3.05, 3.63) is 83.2 Å². The summed E-state index contributed by atoms with van der Waals surface area (Å²) in [4.78, 5) is 13.4. The maximum atomic E-state index is 13.2. The van der Waals surface area contributed by atoms with Gasteiger partial charge in [-0.05, 0) is 18.1 Å². The molecule has 0 saturated carbocycles. The van der Waals surface area contributed by atoms with E-state index in [1.54, 1.807) is 60.7 Å². The van der Waals surface area contributed by atoms with Gasteiger partial charge in [0.25, 0.3) is 0 Å². The molecule has 0 saturated heterocycles. The molecule has 0 aliphatic carbocycles. The van der Waals surface area contributed by atoms with Gasteiger partial charge in [0.15, 0.2) is 5.70 Å². The van der Waals surface area contributed by atoms with Crippen LogP contribution in [-0.4, -0.2) is 28.8 Å². The standard InChI is InChI=1S/C20H20F3NO3/c1-2-27-19(26)17(18(25)20(21,22)23)24(13-15-9-5-3-6-10-15)14-16-11-7-4-8-12-16/h3-12,25H,2,13-14H2,1H3/b18-17-. The number of halogens is 3. The van der Waals surface area contributed by atoms with Gasteiger partial charge in [0.05, 0.1) is 6.61 Å². The average molecular weight is 379 g/mol. The number of alkyl halides is 3. The molecular formula is C20H20F3NO3. The Morgan fingerprint density at radius 3 is 1.78 bits per heavy atom. The molecule has 7 heteroatoms. The van der Waals surface area contributed by atoms with Crippen LogP contribution in [0.2, 0.25) is 0 Å². The van der Waals surface area contributed by atoms with Gasteiger partial charge in [0.2, 0.25) is 5.76 Å². The Hall–Kier alpha value is -2.96. The molecule has 0 amide bonds. The average Bonchev–Trinajstić information content (AvgIpc) is 2.63. The molecule has 27 heavy (non-hydrogen) atoms. The van der Waals surface area contributed by atoms with Gasteiger partial charge in [0.1, 0.15) is 0 Å². The second-order valence-electron chi connectivity index (χ2n) is 5.74. The Morgan fingerprint density at radius 2 is 1.41 bits per heavy atom. The lowest BCUT2D eigenvalue weighted by Gasteiger charge is -2.27. The minimum atomic E-state index is -5.08. The Morgan fingerprint density at radius 1 is 0.963 bits per heavy atom. The van der Waals surface area contributed by atoms with Crippen molar-refractivity contribution in [1.29, 1.82) is 0 Å². The first-order chi connectivity index (χ1) is 12.8. The van der Waals surface area contributed by atoms with Crippen LogP contribution >= 0.6 is 0 Å². The fourth-order valence-electron chi connectivity index (χ4n) is 2.53. The molecule has 0 aromatic heterocycles. The number of carbonyl (C=O) groups excluding carboxylic acids is 1. The summed E-state index contributed by atoms with van der Waals surface area (Å²) in [6.07, 6.45) is -5.08. The largest absolute Gasteiger partial charge is 0.503 e. The van der Waals surface area contributed by atoms with E-state index in [4.69, 9.17) is 4.74 Å². The second kappa shape index (κ2) is 9.12. The molecule has 0 aliphatic rings. The highest BCUT2D eigenvalue weighted by atomic mass is 19.4. The van der Waals surface area contributed by atoms with Crippen molar-refractivity contribution in [3.8, 4) is 0 Å². The topological polar surface area (TPSA) is 49.8 Å². The monoisotopic (exact) mass is 379 g/mol. The lowest BCUT2D eigenvalue weighted by molar-refractivity contribution is -0.146. The first-order valence-electron chi connectivity index (χ1n) is 8.33. The van der Waals surface area contributed by atoms with Crippen molar-refractivity contribution < 1.29 is 27.8 Å². The lowest BCUT2D eigenvalue weighted by atomic mass is 10.1. The summed E-state index contributed by atoms with van der Waals surface area (Å²) >= 11 is 0. The summed E-state index contributed by atoms with van der Waals surface area (Å²) in [7, 11) is 0. The first-order valence-corrected chi connectivity index (χ1v) is 8.33. The van der Waals surface area contributed by atoms with Gasteiger partial charge in [-0.2, -0.15) is 13.2 Å². The molecule has 0 fully saturated rings. The zero-order chi connectivity index (χ0) is 19.9. The smallest absolute Gasteiger partial charge is 0.451 e. The number of aliphatic hydroxyl groups is 1. The Balaban J connectivity index is 2.50. The molecule has 4 nitrogen and oxygen atoms in total. The molecule has 144 valence electrons. The summed E-state index contributed by atoms with van der Waals surface area (Å²) in [5.74, 6) is -3.19. The lowest BCUT2D eigenvalue weighted by Crippen LogP contribution is -2.33. The zero-order valence-electron chi connectivity index (χ0n) is 14.7. The van der Waals surface area contributed by atoms with Crippen molar-refractivity contribution in [2.24, 2.45) is 0 Å². The summed E-state index contributed by atoms with van der Waals surface area (Å²) < 4.78 is 44.4. The molecule has 2 aromatic carbocycles. The minimum absolute atomic E-state index is 0.00990. The van der Waals surface area contributed by atoms with Crippen molar-refractivity contribution in [2.75, 3.05) is 6.61 Å². The third kappa shape index (κ3) is 5.77. The molecule has 0 radical (unpaired) electrons. The van der Waals surface area contributed by atoms with Crippen LogP contribution in [0, 0.1) is 0 Å². The molecule has 0 unspecified atom stereocenters. The molecule has 0 heterocycles. The summed E-state index contributed by atoms with van der Waals surface area (Å²) in [5.41, 5.74) is 0.465. The van der Waals surface area contributed by atoms with Crippen LogP contribution in [0.3, 0.4) is 0 Å². The van der Waals surface area contributed by atoms with Crippen molar-refractivity contribution >= 4 is 5.97 Å². The molecule has 2 rings (SSSR count). The predicted molar refractivity (Wildman–Crippen MR) is 94.5 cm³/mol. The van der Waals surface area contributed by atoms with Crippen LogP contribution in [0.5, 0.6) is 0 Å². The van der Waals surface area contributed by atoms with E-state index in [1.165, 1.54) is 11.8 Å². The number of benzene rings is 2. The fraction of sp³-hybridized carbons (Fsp3) is 0.250. The summed E-state index contributed by atoms with van der Waals surface area (Å²) in [5, 5.41) is 9.78. The van der Waals surface area contributed by atoms with Crippen LogP contribution in [0.1, 0.15) is 18.1 Å². The van der Waals surface area contributed by atoms with Gasteiger partial charge in [-0.15, -0.1) is 0 Å². The number of esters is 1. The molecule has 2 aromatic rings. The number of aliphatic hydroxyl groups excluding tert-OH is 1. The van der Waals surface area contributed by atoms with Gasteiger partial charge in [0, 0.05) is 13.1 Å². The Labute approximate surface area is 155 Å². The van der Waals surface area contributed by atoms with E-state index < -0.39 is 23.6 Å². The van der Waals surface area contributed by atoms with Crippen molar-refractivity contribution in [2.45, 2.75) is 26.2 Å². The van der Waals surface area contributed by atoms with E-state index in [9.17, 15) is 23.1 Å². The Bertz CT molecular complexity index is 733. The summed E-state index contributed by atoms with van der Waals surface area (Å²) in [6.45, 7) is 1.35. The van der Waals surface area contributed by atoms with Crippen LogP contribution < -0.4 is 0 Å². The molecule has 1 N–H and O–H groups in total. The number of ether oxygens (including phenoxy) is 1. The second-order valence-corrected chi connectivity index (χ2v) is 5.74. The Kier molecular flexibility index (Phi) is 6.87. The van der Waals surface area contributed by atoms with Crippen LogP contribution in [0.25, 0.3) is 0 Å². The van der Waals surface area contributed by atoms with E-state index >= 15 is 0 Å².